The van der Waals surface area contributed by atoms with Gasteiger partial charge in [0.1, 0.15) is 18.1 Å². The van der Waals surface area contributed by atoms with Gasteiger partial charge >= 0.3 is 0 Å². The molecule has 4 fully saturated rings. The highest BCUT2D eigenvalue weighted by molar-refractivity contribution is 5.79. The van der Waals surface area contributed by atoms with Crippen molar-refractivity contribution < 1.29 is 14.6 Å². The van der Waals surface area contributed by atoms with Crippen LogP contribution in [0.2, 0.25) is 0 Å². The zero-order valence-corrected chi connectivity index (χ0v) is 19.2. The highest BCUT2D eigenvalue weighted by Crippen LogP contribution is 2.69. The second-order valence-electron chi connectivity index (χ2n) is 11.4. The monoisotopic (exact) mass is 422 g/mol. The Bertz CT molecular complexity index is 844. The van der Waals surface area contributed by atoms with E-state index >= 15 is 0 Å². The Morgan fingerprint density at radius 3 is 2.65 bits per heavy atom. The van der Waals surface area contributed by atoms with Crippen LogP contribution in [0.5, 0.6) is 5.75 Å². The molecular weight excluding hydrogens is 384 g/mol. The molecule has 168 valence electrons. The fourth-order valence-corrected chi connectivity index (χ4v) is 8.49. The molecule has 0 heterocycles. The number of benzene rings is 1. The number of aliphatic hydroxyl groups excluding tert-OH is 1. The molecule has 0 radical (unpaired) electrons. The van der Waals surface area contributed by atoms with E-state index in [9.17, 15) is 9.90 Å². The van der Waals surface area contributed by atoms with Crippen LogP contribution in [-0.4, -0.2) is 23.6 Å². The van der Waals surface area contributed by atoms with Gasteiger partial charge in [-0.15, -0.1) is 0 Å². The Hall–Kier alpha value is -1.61. The maximum absolute atomic E-state index is 12.3. The lowest BCUT2D eigenvalue weighted by Gasteiger charge is -2.62. The fourth-order valence-electron chi connectivity index (χ4n) is 8.49. The molecule has 3 heteroatoms. The van der Waals surface area contributed by atoms with Crippen LogP contribution in [0.4, 0.5) is 0 Å². The SMILES string of the molecule is C=CCOc1ccc(C2C[C@]3(C)C(O)CCC3C3CCC4CC(=O)CCC4(C)C23)cc1. The van der Waals surface area contributed by atoms with Crippen LogP contribution in [0.15, 0.2) is 36.9 Å². The molecule has 4 aliphatic carbocycles. The smallest absolute Gasteiger partial charge is 0.133 e. The molecule has 4 aliphatic rings. The molecule has 0 aliphatic heterocycles. The van der Waals surface area contributed by atoms with Crippen molar-refractivity contribution in [3.8, 4) is 5.75 Å². The largest absolute Gasteiger partial charge is 0.490 e. The molecule has 0 amide bonds. The molecule has 1 aromatic carbocycles. The zero-order valence-electron chi connectivity index (χ0n) is 19.2. The third-order valence-electron chi connectivity index (χ3n) is 10.1. The molecule has 0 spiro atoms. The summed E-state index contributed by atoms with van der Waals surface area (Å²) in [5, 5.41) is 11.0. The lowest BCUT2D eigenvalue weighted by molar-refractivity contribution is -0.147. The minimum absolute atomic E-state index is 0.0114. The van der Waals surface area contributed by atoms with E-state index < -0.39 is 0 Å². The van der Waals surface area contributed by atoms with Gasteiger partial charge in [-0.3, -0.25) is 4.79 Å². The number of Topliss-reactive ketones (excluding diaryl/α,β-unsaturated/α-hetero) is 1. The summed E-state index contributed by atoms with van der Waals surface area (Å²) in [7, 11) is 0. The van der Waals surface area contributed by atoms with E-state index in [1.54, 1.807) is 6.08 Å². The molecule has 4 saturated carbocycles. The van der Waals surface area contributed by atoms with Gasteiger partial charge in [0.25, 0.3) is 0 Å². The fraction of sp³-hybridized carbons (Fsp3) is 0.679. The summed E-state index contributed by atoms with van der Waals surface area (Å²) in [5.74, 6) is 4.20. The lowest BCUT2D eigenvalue weighted by atomic mass is 9.42. The van der Waals surface area contributed by atoms with Crippen molar-refractivity contribution in [2.24, 2.45) is 34.5 Å². The van der Waals surface area contributed by atoms with Crippen LogP contribution in [0.3, 0.4) is 0 Å². The van der Waals surface area contributed by atoms with Gasteiger partial charge < -0.3 is 9.84 Å². The van der Waals surface area contributed by atoms with Gasteiger partial charge in [0, 0.05) is 12.8 Å². The van der Waals surface area contributed by atoms with Crippen molar-refractivity contribution in [2.45, 2.75) is 77.2 Å². The molecule has 8 atom stereocenters. The van der Waals surface area contributed by atoms with Gasteiger partial charge in [-0.25, -0.2) is 0 Å². The molecule has 1 aromatic rings. The third kappa shape index (κ3) is 3.30. The minimum atomic E-state index is -0.186. The Kier molecular flexibility index (Phi) is 5.32. The van der Waals surface area contributed by atoms with Crippen molar-refractivity contribution in [1.29, 1.82) is 0 Å². The van der Waals surface area contributed by atoms with Crippen LogP contribution >= 0.6 is 0 Å². The van der Waals surface area contributed by atoms with Crippen LogP contribution < -0.4 is 4.74 Å². The molecule has 3 nitrogen and oxygen atoms in total. The number of rotatable bonds is 4. The second-order valence-corrected chi connectivity index (χ2v) is 11.4. The molecular formula is C28H38O3. The normalized spacial score (nSPS) is 44.2. The molecule has 31 heavy (non-hydrogen) atoms. The minimum Gasteiger partial charge on any atom is -0.490 e. The van der Waals surface area contributed by atoms with Gasteiger partial charge in [-0.1, -0.05) is 38.6 Å². The predicted octanol–water partition coefficient (Wildman–Crippen LogP) is 5.92. The first-order valence-electron chi connectivity index (χ1n) is 12.4. The number of hydrogen-bond donors (Lipinski definition) is 1. The van der Waals surface area contributed by atoms with Crippen molar-refractivity contribution in [2.75, 3.05) is 6.61 Å². The average molecular weight is 423 g/mol. The van der Waals surface area contributed by atoms with E-state index in [0.29, 0.717) is 42.0 Å². The summed E-state index contributed by atoms with van der Waals surface area (Å²) >= 11 is 0. The van der Waals surface area contributed by atoms with Crippen LogP contribution in [-0.2, 0) is 4.79 Å². The molecule has 0 saturated heterocycles. The number of ketones is 1. The van der Waals surface area contributed by atoms with Crippen LogP contribution in [0, 0.1) is 34.5 Å². The quantitative estimate of drug-likeness (QED) is 0.613. The van der Waals surface area contributed by atoms with Gasteiger partial charge in [0.15, 0.2) is 0 Å². The topological polar surface area (TPSA) is 46.5 Å². The van der Waals surface area contributed by atoms with E-state index in [4.69, 9.17) is 4.74 Å². The first kappa shape index (κ1) is 21.2. The third-order valence-corrected chi connectivity index (χ3v) is 10.1. The summed E-state index contributed by atoms with van der Waals surface area (Å²) in [6, 6.07) is 8.71. The number of ether oxygens (including phenoxy) is 1. The summed E-state index contributed by atoms with van der Waals surface area (Å²) in [6.07, 6.45) is 9.75. The maximum atomic E-state index is 12.3. The molecule has 1 N–H and O–H groups in total. The highest BCUT2D eigenvalue weighted by atomic mass is 16.5. The summed E-state index contributed by atoms with van der Waals surface area (Å²) < 4.78 is 5.73. The second kappa shape index (κ2) is 7.76. The Morgan fingerprint density at radius 2 is 1.90 bits per heavy atom. The number of fused-ring (bicyclic) bond motifs is 5. The summed E-state index contributed by atoms with van der Waals surface area (Å²) in [5.41, 5.74) is 1.63. The Morgan fingerprint density at radius 1 is 1.13 bits per heavy atom. The molecule has 5 rings (SSSR count). The predicted molar refractivity (Wildman–Crippen MR) is 123 cm³/mol. The lowest BCUT2D eigenvalue weighted by Crippen LogP contribution is -2.56. The maximum Gasteiger partial charge on any atom is 0.133 e. The van der Waals surface area contributed by atoms with Crippen molar-refractivity contribution in [3.05, 3.63) is 42.5 Å². The number of carbonyl (C=O) groups excluding carboxylic acids is 1. The van der Waals surface area contributed by atoms with Crippen LogP contribution in [0.25, 0.3) is 0 Å². The van der Waals surface area contributed by atoms with E-state index in [2.05, 4.69) is 44.7 Å². The standard InChI is InChI=1S/C28H38O3/c1-4-15-31-21-8-5-18(6-9-21)23-17-28(3)24(11-12-25(28)30)22-10-7-19-16-20(29)13-14-27(19,2)26(22)23/h4-6,8-9,19,22-26,30H,1,7,10-17H2,2-3H3/t19?,22?,23?,24?,25?,26?,27?,28-/m0/s1. The molecule has 0 bridgehead atoms. The summed E-state index contributed by atoms with van der Waals surface area (Å²) in [4.78, 5) is 12.3. The van der Waals surface area contributed by atoms with Crippen molar-refractivity contribution in [1.82, 2.24) is 0 Å². The zero-order chi connectivity index (χ0) is 21.8. The van der Waals surface area contributed by atoms with E-state index in [1.165, 1.54) is 24.8 Å². The molecule has 7 unspecified atom stereocenters. The van der Waals surface area contributed by atoms with Crippen LogP contribution in [0.1, 0.15) is 76.7 Å². The van der Waals surface area contributed by atoms with Gasteiger partial charge in [0.2, 0.25) is 0 Å². The average Bonchev–Trinajstić information content (AvgIpc) is 3.07. The van der Waals surface area contributed by atoms with E-state index in [1.807, 2.05) is 0 Å². The Labute approximate surface area is 187 Å². The van der Waals surface area contributed by atoms with E-state index in [0.717, 1.165) is 37.9 Å². The van der Waals surface area contributed by atoms with Gasteiger partial charge in [-0.2, -0.15) is 0 Å². The van der Waals surface area contributed by atoms with Crippen molar-refractivity contribution in [3.63, 3.8) is 0 Å². The highest BCUT2D eigenvalue weighted by Gasteiger charge is 2.63. The summed E-state index contributed by atoms with van der Waals surface area (Å²) in [6.45, 7) is 9.12. The van der Waals surface area contributed by atoms with Crippen molar-refractivity contribution >= 4 is 5.78 Å². The molecule has 0 aromatic heterocycles. The van der Waals surface area contributed by atoms with E-state index in [-0.39, 0.29) is 16.9 Å². The number of aliphatic hydroxyl groups is 1. The number of carbonyl (C=O) groups is 1. The first-order chi connectivity index (χ1) is 14.9. The van der Waals surface area contributed by atoms with Gasteiger partial charge in [-0.05, 0) is 96.6 Å². The number of hydrogen-bond acceptors (Lipinski definition) is 3. The first-order valence-corrected chi connectivity index (χ1v) is 12.4. The Balaban J connectivity index is 1.54. The van der Waals surface area contributed by atoms with Gasteiger partial charge in [0.05, 0.1) is 6.10 Å².